The van der Waals surface area contributed by atoms with E-state index < -0.39 is 0 Å². The maximum Gasteiger partial charge on any atom is 0.122 e. The molecule has 108 valence electrons. The fourth-order valence-electron chi connectivity index (χ4n) is 2.17. The first-order valence-electron chi connectivity index (χ1n) is 6.77. The Hall–Kier alpha value is -1.39. The summed E-state index contributed by atoms with van der Waals surface area (Å²) in [5.41, 5.74) is 2.14. The van der Waals surface area contributed by atoms with Gasteiger partial charge in [-0.25, -0.2) is 0 Å². The van der Waals surface area contributed by atoms with Crippen molar-refractivity contribution in [2.75, 3.05) is 13.7 Å². The molecule has 0 unspecified atom stereocenters. The molecule has 2 aromatic rings. The molecule has 0 amide bonds. The monoisotopic (exact) mass is 290 g/mol. The van der Waals surface area contributed by atoms with Crippen LogP contribution in [0, 0.1) is 6.92 Å². The van der Waals surface area contributed by atoms with Crippen LogP contribution in [0.2, 0.25) is 0 Å². The van der Waals surface area contributed by atoms with Crippen LogP contribution >= 0.6 is 11.3 Å². The second-order valence-corrected chi connectivity index (χ2v) is 6.55. The van der Waals surface area contributed by atoms with Gasteiger partial charge < -0.3 is 10.1 Å². The molecule has 0 saturated carbocycles. The summed E-state index contributed by atoms with van der Waals surface area (Å²) in [5, 5.41) is 5.63. The van der Waals surface area contributed by atoms with Crippen LogP contribution in [0.1, 0.15) is 30.1 Å². The van der Waals surface area contributed by atoms with Crippen molar-refractivity contribution in [3.05, 3.63) is 45.9 Å². The lowest BCUT2D eigenvalue weighted by Gasteiger charge is -2.23. The third-order valence-electron chi connectivity index (χ3n) is 3.28. The highest BCUT2D eigenvalue weighted by Gasteiger charge is 2.21. The molecule has 0 radical (unpaired) electrons. The van der Waals surface area contributed by atoms with E-state index in [9.17, 15) is 0 Å². The minimum absolute atomic E-state index is 0.141. The highest BCUT2D eigenvalue weighted by atomic mass is 32.1. The molecule has 1 N–H and O–H groups in total. The number of aryl methyl sites for hydroxylation is 1. The van der Waals surface area contributed by atoms with Crippen molar-refractivity contribution in [2.45, 2.75) is 32.7 Å². The van der Waals surface area contributed by atoms with Gasteiger partial charge in [-0.1, -0.05) is 19.9 Å². The topological polar surface area (TPSA) is 34.1 Å². The van der Waals surface area contributed by atoms with E-state index in [0.29, 0.717) is 0 Å². The fourth-order valence-corrected chi connectivity index (χ4v) is 3.02. The fraction of sp³-hybridized carbons (Fsp3) is 0.438. The van der Waals surface area contributed by atoms with Crippen molar-refractivity contribution in [1.82, 2.24) is 10.3 Å². The molecule has 0 aliphatic carbocycles. The van der Waals surface area contributed by atoms with Crippen LogP contribution in [0.25, 0.3) is 0 Å². The number of hydrogen-bond donors (Lipinski definition) is 1. The Kier molecular flexibility index (Phi) is 4.78. The van der Waals surface area contributed by atoms with Gasteiger partial charge in [0.2, 0.25) is 0 Å². The third kappa shape index (κ3) is 3.81. The van der Waals surface area contributed by atoms with E-state index in [2.05, 4.69) is 41.7 Å². The van der Waals surface area contributed by atoms with Gasteiger partial charge in [0.1, 0.15) is 5.75 Å². The van der Waals surface area contributed by atoms with Crippen molar-refractivity contribution in [1.29, 1.82) is 0 Å². The number of nitrogens with one attached hydrogen (secondary N) is 1. The Bertz CT molecular complexity index is 550. The Morgan fingerprint density at radius 1 is 1.35 bits per heavy atom. The first kappa shape index (κ1) is 15.0. The molecule has 0 fully saturated rings. The summed E-state index contributed by atoms with van der Waals surface area (Å²) in [7, 11) is 1.69. The maximum absolute atomic E-state index is 5.28. The highest BCUT2D eigenvalue weighted by Crippen LogP contribution is 2.26. The number of methoxy groups -OCH3 is 1. The highest BCUT2D eigenvalue weighted by molar-refractivity contribution is 7.10. The van der Waals surface area contributed by atoms with Gasteiger partial charge in [0.15, 0.2) is 0 Å². The zero-order valence-corrected chi connectivity index (χ0v) is 13.4. The van der Waals surface area contributed by atoms with Crippen molar-refractivity contribution in [3.63, 3.8) is 0 Å². The molecule has 0 aliphatic heterocycles. The minimum Gasteiger partial charge on any atom is -0.497 e. The van der Waals surface area contributed by atoms with Crippen molar-refractivity contribution in [3.8, 4) is 5.75 Å². The summed E-state index contributed by atoms with van der Waals surface area (Å²) in [4.78, 5) is 5.93. The first-order chi connectivity index (χ1) is 9.51. The van der Waals surface area contributed by atoms with Crippen molar-refractivity contribution in [2.24, 2.45) is 0 Å². The van der Waals surface area contributed by atoms with E-state index in [1.165, 1.54) is 4.88 Å². The predicted octanol–water partition coefficient (Wildman–Crippen LogP) is 3.53. The van der Waals surface area contributed by atoms with Gasteiger partial charge in [-0.15, -0.1) is 11.3 Å². The van der Waals surface area contributed by atoms with Crippen molar-refractivity contribution < 1.29 is 4.74 Å². The van der Waals surface area contributed by atoms with Gasteiger partial charge in [-0.05, 0) is 18.4 Å². The molecule has 0 aromatic carbocycles. The molecule has 3 nitrogen and oxygen atoms in total. The van der Waals surface area contributed by atoms with Crippen LogP contribution in [0.4, 0.5) is 0 Å². The van der Waals surface area contributed by atoms with Crippen LogP contribution in [0.5, 0.6) is 5.75 Å². The van der Waals surface area contributed by atoms with Crippen LogP contribution in [-0.2, 0) is 12.0 Å². The summed E-state index contributed by atoms with van der Waals surface area (Å²) in [6.45, 7) is 8.19. The van der Waals surface area contributed by atoms with Crippen LogP contribution in [0.3, 0.4) is 0 Å². The second-order valence-electron chi connectivity index (χ2n) is 5.60. The number of hydrogen-bond acceptors (Lipinski definition) is 4. The lowest BCUT2D eigenvalue weighted by Crippen LogP contribution is -2.32. The van der Waals surface area contributed by atoms with E-state index in [-0.39, 0.29) is 5.41 Å². The SMILES string of the molecule is COc1cc(C)nc(CNCC(C)(C)c2cccs2)c1. The Balaban J connectivity index is 1.94. The van der Waals surface area contributed by atoms with E-state index in [4.69, 9.17) is 4.74 Å². The van der Waals surface area contributed by atoms with Crippen molar-refractivity contribution >= 4 is 11.3 Å². The summed E-state index contributed by atoms with van der Waals surface area (Å²) < 4.78 is 5.28. The molecular weight excluding hydrogens is 268 g/mol. The molecule has 4 heteroatoms. The van der Waals surface area contributed by atoms with E-state index in [1.54, 1.807) is 7.11 Å². The average Bonchev–Trinajstić information content (AvgIpc) is 2.92. The number of pyridine rings is 1. The smallest absolute Gasteiger partial charge is 0.122 e. The lowest BCUT2D eigenvalue weighted by atomic mass is 9.91. The zero-order chi connectivity index (χ0) is 14.6. The summed E-state index contributed by atoms with van der Waals surface area (Å²) >= 11 is 1.81. The molecular formula is C16H22N2OS. The second kappa shape index (κ2) is 6.37. The predicted molar refractivity (Wildman–Crippen MR) is 84.6 cm³/mol. The Morgan fingerprint density at radius 3 is 2.80 bits per heavy atom. The number of rotatable bonds is 6. The largest absolute Gasteiger partial charge is 0.497 e. The standard InChI is InChI=1S/C16H22N2OS/c1-12-8-14(19-4)9-13(18-12)10-17-11-16(2,3)15-6-5-7-20-15/h5-9,17H,10-11H2,1-4H3. The van der Waals surface area contributed by atoms with Crippen LogP contribution in [-0.4, -0.2) is 18.6 Å². The molecule has 2 rings (SSSR count). The number of thiophene rings is 1. The van der Waals surface area contributed by atoms with Gasteiger partial charge in [-0.3, -0.25) is 4.98 Å². The molecule has 0 atom stereocenters. The quantitative estimate of drug-likeness (QED) is 0.884. The van der Waals surface area contributed by atoms with Crippen LogP contribution < -0.4 is 10.1 Å². The van der Waals surface area contributed by atoms with E-state index in [0.717, 1.165) is 30.2 Å². The maximum atomic E-state index is 5.28. The molecule has 2 heterocycles. The van der Waals surface area contributed by atoms with Gasteiger partial charge in [0.25, 0.3) is 0 Å². The first-order valence-corrected chi connectivity index (χ1v) is 7.65. The zero-order valence-electron chi connectivity index (χ0n) is 12.6. The Labute approximate surface area is 125 Å². The van der Waals surface area contributed by atoms with E-state index in [1.807, 2.05) is 30.4 Å². The summed E-state index contributed by atoms with van der Waals surface area (Å²) in [5.74, 6) is 0.867. The van der Waals surface area contributed by atoms with Gasteiger partial charge >= 0.3 is 0 Å². The molecule has 20 heavy (non-hydrogen) atoms. The number of nitrogens with zero attached hydrogens (tertiary/aromatic N) is 1. The van der Waals surface area contributed by atoms with E-state index >= 15 is 0 Å². The molecule has 0 saturated heterocycles. The third-order valence-corrected chi connectivity index (χ3v) is 4.51. The minimum atomic E-state index is 0.141. The summed E-state index contributed by atoms with van der Waals surface area (Å²) in [6, 6.07) is 8.23. The van der Waals surface area contributed by atoms with Gasteiger partial charge in [0, 0.05) is 41.2 Å². The molecule has 0 bridgehead atoms. The molecule has 0 aliphatic rings. The lowest BCUT2D eigenvalue weighted by molar-refractivity contribution is 0.412. The Morgan fingerprint density at radius 2 is 2.15 bits per heavy atom. The summed E-state index contributed by atoms with van der Waals surface area (Å²) in [6.07, 6.45) is 0. The number of aromatic nitrogens is 1. The molecule has 2 aromatic heterocycles. The van der Waals surface area contributed by atoms with Crippen LogP contribution in [0.15, 0.2) is 29.6 Å². The van der Waals surface area contributed by atoms with Gasteiger partial charge in [0.05, 0.1) is 12.8 Å². The average molecular weight is 290 g/mol. The van der Waals surface area contributed by atoms with Gasteiger partial charge in [-0.2, -0.15) is 0 Å². The number of ether oxygens (including phenoxy) is 1. The normalized spacial score (nSPS) is 11.6. The molecule has 0 spiro atoms.